The zero-order valence-electron chi connectivity index (χ0n) is 17.3. The second-order valence-electron chi connectivity index (χ2n) is 8.26. The molecule has 0 aliphatic carbocycles. The van der Waals surface area contributed by atoms with Gasteiger partial charge in [0.1, 0.15) is 5.25 Å². The molecule has 3 unspecified atom stereocenters. The zero-order chi connectivity index (χ0) is 21.3. The third-order valence-corrected chi connectivity index (χ3v) is 10.6. The first-order valence-electron chi connectivity index (χ1n) is 10.4. The largest absolute Gasteiger partial charge is 0.339 e. The number of aromatic nitrogens is 1. The first-order chi connectivity index (χ1) is 15.0. The molecule has 4 nitrogen and oxygen atoms in total. The number of sulfonamides is 1. The fourth-order valence-electron chi connectivity index (χ4n) is 5.29. The van der Waals surface area contributed by atoms with Gasteiger partial charge in [-0.15, -0.1) is 0 Å². The number of nitrogens with zero attached hydrogens (tertiary/aromatic N) is 2. The number of rotatable bonds is 1. The Labute approximate surface area is 186 Å². The van der Waals surface area contributed by atoms with Gasteiger partial charge in [0.05, 0.1) is 16.0 Å². The van der Waals surface area contributed by atoms with Gasteiger partial charge in [-0.1, -0.05) is 78.5 Å². The second-order valence-corrected chi connectivity index (χ2v) is 11.5. The van der Waals surface area contributed by atoms with Crippen molar-refractivity contribution in [1.29, 1.82) is 0 Å². The third-order valence-electron chi connectivity index (χ3n) is 6.73. The Hall–Kier alpha value is -2.70. The van der Waals surface area contributed by atoms with Gasteiger partial charge in [0.15, 0.2) is 0 Å². The van der Waals surface area contributed by atoms with Crippen molar-refractivity contribution < 1.29 is 8.42 Å². The summed E-state index contributed by atoms with van der Waals surface area (Å²) in [6, 6.07) is 26.4. The fraction of sp³-hybridized carbons (Fsp3) is 0.200. The van der Waals surface area contributed by atoms with Gasteiger partial charge in [0.25, 0.3) is 0 Å². The predicted molar refractivity (Wildman–Crippen MR) is 127 cm³/mol. The lowest BCUT2D eigenvalue weighted by Crippen LogP contribution is -2.48. The highest BCUT2D eigenvalue weighted by atomic mass is 32.2. The normalized spacial score (nSPS) is 23.8. The van der Waals surface area contributed by atoms with Crippen LogP contribution in [-0.4, -0.2) is 25.3 Å². The number of aryl methyl sites for hydroxylation is 1. The highest BCUT2D eigenvalue weighted by Gasteiger charge is 2.53. The number of hydrogen-bond acceptors (Lipinski definition) is 3. The SMILES string of the molecule is CN1c2ccccc2C2c3c(n(C)c4ccccc34)SC(c3ccccc3)C2S1(=O)=O. The maximum Gasteiger partial charge on any atom is 0.240 e. The molecule has 0 bridgehead atoms. The van der Waals surface area contributed by atoms with Crippen molar-refractivity contribution in [2.75, 3.05) is 11.4 Å². The Balaban J connectivity index is 1.74. The first kappa shape index (κ1) is 19.0. The van der Waals surface area contributed by atoms with Crippen molar-refractivity contribution in [3.05, 3.63) is 95.6 Å². The number of para-hydroxylation sites is 2. The average Bonchev–Trinajstić information content (AvgIpc) is 3.09. The monoisotopic (exact) mass is 446 g/mol. The lowest BCUT2D eigenvalue weighted by molar-refractivity contribution is 0.547. The van der Waals surface area contributed by atoms with Crippen LogP contribution in [0.25, 0.3) is 10.9 Å². The van der Waals surface area contributed by atoms with Crippen molar-refractivity contribution >= 4 is 38.4 Å². The van der Waals surface area contributed by atoms with Crippen LogP contribution in [0.3, 0.4) is 0 Å². The summed E-state index contributed by atoms with van der Waals surface area (Å²) in [5.74, 6) is -0.218. The molecule has 6 heteroatoms. The number of thioether (sulfide) groups is 1. The van der Waals surface area contributed by atoms with Gasteiger partial charge >= 0.3 is 0 Å². The standard InChI is InChI=1S/C25H22N2O2S2/c1-26-19-14-8-6-12-17(19)22-21-18-13-7-9-15-20(18)27(2)31(28,29)24(21)23(30-25(22)26)16-10-4-3-5-11-16/h3-15,21,23-24H,1-2H3. The summed E-state index contributed by atoms with van der Waals surface area (Å²) < 4.78 is 31.6. The van der Waals surface area contributed by atoms with Crippen LogP contribution in [0.5, 0.6) is 0 Å². The Morgan fingerprint density at radius 3 is 2.32 bits per heavy atom. The van der Waals surface area contributed by atoms with Gasteiger partial charge in [-0.05, 0) is 23.3 Å². The molecule has 156 valence electrons. The van der Waals surface area contributed by atoms with Crippen LogP contribution < -0.4 is 4.31 Å². The van der Waals surface area contributed by atoms with Gasteiger partial charge < -0.3 is 4.57 Å². The smallest absolute Gasteiger partial charge is 0.240 e. The van der Waals surface area contributed by atoms with Gasteiger partial charge in [0.2, 0.25) is 10.0 Å². The summed E-state index contributed by atoms with van der Waals surface area (Å²) >= 11 is 1.68. The van der Waals surface area contributed by atoms with Gasteiger partial charge in [-0.25, -0.2) is 8.42 Å². The van der Waals surface area contributed by atoms with Gasteiger partial charge in [0, 0.05) is 36.5 Å². The number of hydrogen-bond donors (Lipinski definition) is 0. The number of fused-ring (bicyclic) bond motifs is 7. The molecule has 0 fully saturated rings. The highest BCUT2D eigenvalue weighted by molar-refractivity contribution is 8.01. The third kappa shape index (κ3) is 2.52. The second kappa shape index (κ2) is 6.65. The summed E-state index contributed by atoms with van der Waals surface area (Å²) in [6.45, 7) is 0. The summed E-state index contributed by atoms with van der Waals surface area (Å²) in [4.78, 5) is 0. The van der Waals surface area contributed by atoms with Crippen LogP contribution in [0.4, 0.5) is 5.69 Å². The lowest BCUT2D eigenvalue weighted by atomic mass is 9.83. The molecule has 3 aromatic carbocycles. The van der Waals surface area contributed by atoms with E-state index in [1.807, 2.05) is 48.5 Å². The number of anilines is 1. The molecule has 0 spiro atoms. The van der Waals surface area contributed by atoms with Crippen LogP contribution in [0, 0.1) is 0 Å². The maximum absolute atomic E-state index is 14.0. The average molecular weight is 447 g/mol. The minimum Gasteiger partial charge on any atom is -0.339 e. The molecule has 0 amide bonds. The van der Waals surface area contributed by atoms with Crippen molar-refractivity contribution in [3.8, 4) is 0 Å². The molecular weight excluding hydrogens is 424 g/mol. The van der Waals surface area contributed by atoms with Crippen LogP contribution in [0.15, 0.2) is 83.9 Å². The summed E-state index contributed by atoms with van der Waals surface area (Å²) in [7, 11) is 0.207. The molecule has 31 heavy (non-hydrogen) atoms. The van der Waals surface area contributed by atoms with E-state index in [9.17, 15) is 8.42 Å². The molecule has 0 N–H and O–H groups in total. The molecule has 2 aliphatic heterocycles. The molecule has 0 radical (unpaired) electrons. The molecule has 3 heterocycles. The first-order valence-corrected chi connectivity index (χ1v) is 12.7. The fourth-order valence-corrected chi connectivity index (χ4v) is 9.22. The quantitative estimate of drug-likeness (QED) is 0.398. The number of benzene rings is 3. The van der Waals surface area contributed by atoms with Crippen LogP contribution in [-0.2, 0) is 17.1 Å². The summed E-state index contributed by atoms with van der Waals surface area (Å²) in [5, 5.41) is 1.54. The topological polar surface area (TPSA) is 42.3 Å². The van der Waals surface area contributed by atoms with E-state index in [1.165, 1.54) is 4.31 Å². The van der Waals surface area contributed by atoms with Crippen LogP contribution in [0.1, 0.15) is 27.9 Å². The Bertz CT molecular complexity index is 1430. The van der Waals surface area contributed by atoms with E-state index in [0.29, 0.717) is 0 Å². The van der Waals surface area contributed by atoms with Gasteiger partial charge in [-0.3, -0.25) is 4.31 Å². The van der Waals surface area contributed by atoms with E-state index in [1.54, 1.807) is 18.8 Å². The minimum atomic E-state index is -3.57. The van der Waals surface area contributed by atoms with E-state index >= 15 is 0 Å². The molecule has 0 saturated heterocycles. The molecule has 2 aliphatic rings. The van der Waals surface area contributed by atoms with Crippen LogP contribution >= 0.6 is 11.8 Å². The molecule has 4 aromatic rings. The predicted octanol–water partition coefficient (Wildman–Crippen LogP) is 5.31. The molecule has 0 saturated carbocycles. The Morgan fingerprint density at radius 2 is 1.52 bits per heavy atom. The maximum atomic E-state index is 14.0. The minimum absolute atomic E-state index is 0.192. The van der Waals surface area contributed by atoms with Gasteiger partial charge in [-0.2, -0.15) is 0 Å². The van der Waals surface area contributed by atoms with Crippen LogP contribution in [0.2, 0.25) is 0 Å². The molecule has 6 rings (SSSR count). The Kier molecular flexibility index (Phi) is 4.08. The molecule has 3 atom stereocenters. The van der Waals surface area contributed by atoms with Crippen molar-refractivity contribution in [2.24, 2.45) is 7.05 Å². The highest BCUT2D eigenvalue weighted by Crippen LogP contribution is 2.60. The van der Waals surface area contributed by atoms with E-state index in [0.717, 1.165) is 38.3 Å². The van der Waals surface area contributed by atoms with E-state index in [2.05, 4.69) is 41.9 Å². The van der Waals surface area contributed by atoms with Crippen molar-refractivity contribution in [2.45, 2.75) is 21.4 Å². The lowest BCUT2D eigenvalue weighted by Gasteiger charge is -2.45. The zero-order valence-corrected chi connectivity index (χ0v) is 18.9. The van der Waals surface area contributed by atoms with E-state index in [-0.39, 0.29) is 11.2 Å². The molecule has 1 aromatic heterocycles. The molecular formula is C25H22N2O2S2. The summed E-state index contributed by atoms with van der Waals surface area (Å²) in [6.07, 6.45) is 0. The van der Waals surface area contributed by atoms with E-state index in [4.69, 9.17) is 0 Å². The Morgan fingerprint density at radius 1 is 0.839 bits per heavy atom. The van der Waals surface area contributed by atoms with E-state index < -0.39 is 15.3 Å². The van der Waals surface area contributed by atoms with Crippen molar-refractivity contribution in [1.82, 2.24) is 4.57 Å². The summed E-state index contributed by atoms with van der Waals surface area (Å²) in [5.41, 5.74) is 5.20. The van der Waals surface area contributed by atoms with Crippen molar-refractivity contribution in [3.63, 3.8) is 0 Å².